The smallest absolute Gasteiger partial charge is 0.223 e. The van der Waals surface area contributed by atoms with Crippen LogP contribution in [0, 0.1) is 0 Å². The predicted molar refractivity (Wildman–Crippen MR) is 74.0 cm³/mol. The van der Waals surface area contributed by atoms with Gasteiger partial charge in [-0.3, -0.25) is 4.79 Å². The lowest BCUT2D eigenvalue weighted by molar-refractivity contribution is -0.130. The quantitative estimate of drug-likeness (QED) is 0.653. The Kier molecular flexibility index (Phi) is 6.15. The fraction of sp³-hybridized carbons (Fsp3) is 0.500. The average Bonchev–Trinajstić information content (AvgIpc) is 2.38. The van der Waals surface area contributed by atoms with Crippen molar-refractivity contribution >= 4 is 5.91 Å². The summed E-state index contributed by atoms with van der Waals surface area (Å²) in [6.45, 7) is 6.42. The van der Waals surface area contributed by atoms with E-state index in [1.54, 1.807) is 11.0 Å². The van der Waals surface area contributed by atoms with Crippen molar-refractivity contribution in [3.8, 4) is 11.5 Å². The van der Waals surface area contributed by atoms with Crippen LogP contribution in [0.2, 0.25) is 0 Å². The highest BCUT2D eigenvalue weighted by Gasteiger charge is 2.08. The van der Waals surface area contributed by atoms with Crippen LogP contribution >= 0.6 is 0 Å². The van der Waals surface area contributed by atoms with Crippen LogP contribution in [0.15, 0.2) is 18.2 Å². The predicted octanol–water partition coefficient (Wildman–Crippen LogP) is 1.45. The van der Waals surface area contributed by atoms with Crippen LogP contribution in [-0.4, -0.2) is 40.7 Å². The molecule has 3 N–H and O–H groups in total. The lowest BCUT2D eigenvalue weighted by atomic mass is 10.2. The Morgan fingerprint density at radius 1 is 1.26 bits per heavy atom. The number of rotatable bonds is 7. The Hall–Kier alpha value is -1.75. The molecule has 1 amide bonds. The van der Waals surface area contributed by atoms with E-state index in [0.29, 0.717) is 25.1 Å². The summed E-state index contributed by atoms with van der Waals surface area (Å²) in [4.78, 5) is 13.5. The van der Waals surface area contributed by atoms with E-state index in [4.69, 9.17) is 5.11 Å². The maximum atomic E-state index is 11.7. The molecule has 0 aromatic heterocycles. The van der Waals surface area contributed by atoms with Crippen molar-refractivity contribution in [3.05, 3.63) is 23.8 Å². The van der Waals surface area contributed by atoms with Gasteiger partial charge in [0.1, 0.15) is 11.5 Å². The molecule has 0 aliphatic rings. The number of aromatic hydroxyl groups is 2. The standard InChI is InChI=1S/C14H22N2O3/c1-3-16(4-2)14(19)7-8-15-10-11-5-6-12(17)9-13(11)18/h5-6,9,15,17-18H,3-4,7-8,10H2,1-2H3. The molecule has 5 heteroatoms. The number of nitrogens with one attached hydrogen (secondary N) is 1. The SMILES string of the molecule is CCN(CC)C(=O)CCNCc1ccc(O)cc1O. The maximum Gasteiger partial charge on any atom is 0.223 e. The molecule has 0 heterocycles. The van der Waals surface area contributed by atoms with Crippen LogP contribution in [0.1, 0.15) is 25.8 Å². The number of hydrogen-bond donors (Lipinski definition) is 3. The van der Waals surface area contributed by atoms with Crippen molar-refractivity contribution < 1.29 is 15.0 Å². The number of carbonyl (C=O) groups excluding carboxylic acids is 1. The van der Waals surface area contributed by atoms with Gasteiger partial charge in [-0.25, -0.2) is 0 Å². The van der Waals surface area contributed by atoms with Gasteiger partial charge < -0.3 is 20.4 Å². The molecular weight excluding hydrogens is 244 g/mol. The zero-order chi connectivity index (χ0) is 14.3. The van der Waals surface area contributed by atoms with E-state index in [1.807, 2.05) is 13.8 Å². The highest BCUT2D eigenvalue weighted by molar-refractivity contribution is 5.76. The molecule has 0 bridgehead atoms. The molecule has 0 saturated carbocycles. The lowest BCUT2D eigenvalue weighted by Gasteiger charge is -2.18. The fourth-order valence-electron chi connectivity index (χ4n) is 1.85. The first-order chi connectivity index (χ1) is 9.08. The normalized spacial score (nSPS) is 10.4. The molecule has 106 valence electrons. The molecule has 5 nitrogen and oxygen atoms in total. The molecule has 0 aliphatic carbocycles. The molecule has 19 heavy (non-hydrogen) atoms. The minimum absolute atomic E-state index is 0.0398. The molecule has 0 fully saturated rings. The van der Waals surface area contributed by atoms with Crippen LogP contribution < -0.4 is 5.32 Å². The molecular formula is C14H22N2O3. The van der Waals surface area contributed by atoms with Gasteiger partial charge in [0.15, 0.2) is 0 Å². The van der Waals surface area contributed by atoms with E-state index in [2.05, 4.69) is 5.32 Å². The number of carbonyl (C=O) groups is 1. The van der Waals surface area contributed by atoms with Gasteiger partial charge in [-0.05, 0) is 19.9 Å². The first-order valence-corrected chi connectivity index (χ1v) is 6.57. The second-order valence-corrected chi connectivity index (χ2v) is 4.31. The fourth-order valence-corrected chi connectivity index (χ4v) is 1.85. The monoisotopic (exact) mass is 266 g/mol. The van der Waals surface area contributed by atoms with E-state index in [9.17, 15) is 9.90 Å². The molecule has 1 aromatic carbocycles. The minimum Gasteiger partial charge on any atom is -0.508 e. The van der Waals surface area contributed by atoms with Gasteiger partial charge in [0, 0.05) is 44.2 Å². The van der Waals surface area contributed by atoms with Gasteiger partial charge in [0.2, 0.25) is 5.91 Å². The maximum absolute atomic E-state index is 11.7. The van der Waals surface area contributed by atoms with Gasteiger partial charge in [-0.1, -0.05) is 6.07 Å². The summed E-state index contributed by atoms with van der Waals surface area (Å²) >= 11 is 0. The minimum atomic E-state index is 0.0398. The van der Waals surface area contributed by atoms with E-state index < -0.39 is 0 Å². The molecule has 0 saturated heterocycles. The van der Waals surface area contributed by atoms with Crippen LogP contribution in [-0.2, 0) is 11.3 Å². The summed E-state index contributed by atoms with van der Waals surface area (Å²) < 4.78 is 0. The van der Waals surface area contributed by atoms with Gasteiger partial charge in [0.05, 0.1) is 0 Å². The number of amides is 1. The third kappa shape index (κ3) is 4.79. The molecule has 1 rings (SSSR count). The third-order valence-electron chi connectivity index (χ3n) is 3.02. The number of phenolic OH excluding ortho intramolecular Hbond substituents is 2. The summed E-state index contributed by atoms with van der Waals surface area (Å²) in [5, 5.41) is 21.9. The van der Waals surface area contributed by atoms with Crippen molar-refractivity contribution in [2.24, 2.45) is 0 Å². The van der Waals surface area contributed by atoms with Crippen molar-refractivity contribution in [2.75, 3.05) is 19.6 Å². The van der Waals surface area contributed by atoms with Crippen LogP contribution in [0.25, 0.3) is 0 Å². The Bertz CT molecular complexity index is 417. The van der Waals surface area contributed by atoms with Crippen molar-refractivity contribution in [2.45, 2.75) is 26.8 Å². The molecule has 0 spiro atoms. The summed E-state index contributed by atoms with van der Waals surface area (Å²) in [5.41, 5.74) is 0.702. The van der Waals surface area contributed by atoms with Crippen LogP contribution in [0.4, 0.5) is 0 Å². The first-order valence-electron chi connectivity index (χ1n) is 6.57. The van der Waals surface area contributed by atoms with E-state index in [-0.39, 0.29) is 17.4 Å². The van der Waals surface area contributed by atoms with Crippen molar-refractivity contribution in [1.82, 2.24) is 10.2 Å². The first kappa shape index (κ1) is 15.3. The summed E-state index contributed by atoms with van der Waals surface area (Å²) in [5.74, 6) is 0.230. The van der Waals surface area contributed by atoms with E-state index in [1.165, 1.54) is 12.1 Å². The third-order valence-corrected chi connectivity index (χ3v) is 3.02. The molecule has 0 aliphatic heterocycles. The molecule has 0 unspecified atom stereocenters. The van der Waals surface area contributed by atoms with E-state index >= 15 is 0 Å². The Balaban J connectivity index is 2.33. The van der Waals surface area contributed by atoms with Crippen molar-refractivity contribution in [1.29, 1.82) is 0 Å². The molecule has 0 atom stereocenters. The summed E-state index contributed by atoms with van der Waals surface area (Å²) in [6, 6.07) is 4.49. The van der Waals surface area contributed by atoms with Crippen LogP contribution in [0.5, 0.6) is 11.5 Å². The Labute approximate surface area is 113 Å². The number of hydrogen-bond acceptors (Lipinski definition) is 4. The summed E-state index contributed by atoms with van der Waals surface area (Å²) in [6.07, 6.45) is 0.445. The topological polar surface area (TPSA) is 72.8 Å². The van der Waals surface area contributed by atoms with Gasteiger partial charge >= 0.3 is 0 Å². The zero-order valence-electron chi connectivity index (χ0n) is 11.5. The largest absolute Gasteiger partial charge is 0.508 e. The second kappa shape index (κ2) is 7.63. The molecule has 0 radical (unpaired) electrons. The lowest BCUT2D eigenvalue weighted by Crippen LogP contribution is -2.32. The number of phenols is 2. The highest BCUT2D eigenvalue weighted by Crippen LogP contribution is 2.22. The Morgan fingerprint density at radius 2 is 1.95 bits per heavy atom. The average molecular weight is 266 g/mol. The number of nitrogens with zero attached hydrogens (tertiary/aromatic N) is 1. The van der Waals surface area contributed by atoms with E-state index in [0.717, 1.165) is 13.1 Å². The van der Waals surface area contributed by atoms with Gasteiger partial charge in [0.25, 0.3) is 0 Å². The van der Waals surface area contributed by atoms with Crippen molar-refractivity contribution in [3.63, 3.8) is 0 Å². The summed E-state index contributed by atoms with van der Waals surface area (Å²) in [7, 11) is 0. The molecule has 1 aromatic rings. The highest BCUT2D eigenvalue weighted by atomic mass is 16.3. The second-order valence-electron chi connectivity index (χ2n) is 4.31. The zero-order valence-corrected chi connectivity index (χ0v) is 11.5. The number of benzene rings is 1. The van der Waals surface area contributed by atoms with Gasteiger partial charge in [-0.2, -0.15) is 0 Å². The van der Waals surface area contributed by atoms with Gasteiger partial charge in [-0.15, -0.1) is 0 Å². The van der Waals surface area contributed by atoms with Crippen LogP contribution in [0.3, 0.4) is 0 Å². The Morgan fingerprint density at radius 3 is 2.53 bits per heavy atom.